The van der Waals surface area contributed by atoms with Crippen LogP contribution in [0.25, 0.3) is 32.1 Å². The first kappa shape index (κ1) is 37.6. The van der Waals surface area contributed by atoms with Gasteiger partial charge in [0.15, 0.2) is 0 Å². The van der Waals surface area contributed by atoms with Gasteiger partial charge in [0.1, 0.15) is 34.3 Å². The zero-order valence-corrected chi connectivity index (χ0v) is 33.3. The van der Waals surface area contributed by atoms with E-state index in [0.717, 1.165) is 74.6 Å². The lowest BCUT2D eigenvalue weighted by atomic mass is 9.91. The Morgan fingerprint density at radius 2 is 1.84 bits per heavy atom. The van der Waals surface area contributed by atoms with E-state index >= 15 is 4.39 Å². The second-order valence-corrected chi connectivity index (χ2v) is 17.3. The molecule has 2 aromatic heterocycles. The SMILES string of the molecule is CN1CCN([C@@H]2CCN(c3nc(N[C@@H]4CCCN(C)C4=O)c4c5c(c(-c6ccc(F)c7sc(NC(=O)OC(C)(C)C)c(C#N)c67)c(Cl)c4n3)COC5)C2)CC1. The van der Waals surface area contributed by atoms with Crippen molar-refractivity contribution in [3.8, 4) is 17.2 Å². The van der Waals surface area contributed by atoms with Gasteiger partial charge in [-0.05, 0) is 69.8 Å². The van der Waals surface area contributed by atoms with Gasteiger partial charge in [-0.3, -0.25) is 15.0 Å². The van der Waals surface area contributed by atoms with Crippen LogP contribution in [0.5, 0.6) is 0 Å². The first-order valence-corrected chi connectivity index (χ1v) is 20.0. The molecule has 0 aliphatic carbocycles. The van der Waals surface area contributed by atoms with Crippen LogP contribution in [0.1, 0.15) is 56.7 Å². The molecule has 4 aromatic rings. The molecular formula is C39H45ClFN9O4S. The summed E-state index contributed by atoms with van der Waals surface area (Å²) in [5.41, 5.74) is 2.47. The Morgan fingerprint density at radius 1 is 1.07 bits per heavy atom. The maximum Gasteiger partial charge on any atom is 0.412 e. The van der Waals surface area contributed by atoms with Gasteiger partial charge in [0.2, 0.25) is 11.9 Å². The van der Waals surface area contributed by atoms with E-state index in [0.29, 0.717) is 63.2 Å². The molecule has 3 saturated heterocycles. The van der Waals surface area contributed by atoms with Crippen LogP contribution < -0.4 is 15.5 Å². The number of benzene rings is 2. The van der Waals surface area contributed by atoms with Crippen LogP contribution >= 0.6 is 22.9 Å². The lowest BCUT2D eigenvalue weighted by Crippen LogP contribution is -2.49. The fraction of sp³-hybridized carbons (Fsp3) is 0.513. The molecule has 8 rings (SSSR count). The topological polar surface area (TPSA) is 139 Å². The molecule has 13 nitrogen and oxygen atoms in total. The first-order chi connectivity index (χ1) is 26.3. The smallest absolute Gasteiger partial charge is 0.412 e. The number of likely N-dealkylation sites (tertiary alicyclic amines) is 1. The fourth-order valence-electron chi connectivity index (χ4n) is 8.26. The molecule has 0 unspecified atom stereocenters. The molecule has 2 atom stereocenters. The number of likely N-dealkylation sites (N-methyl/N-ethyl adjacent to an activating group) is 2. The van der Waals surface area contributed by atoms with Crippen molar-refractivity contribution in [2.75, 3.05) is 75.4 Å². The third-order valence-corrected chi connectivity index (χ3v) is 12.5. The summed E-state index contributed by atoms with van der Waals surface area (Å²) in [7, 11) is 3.97. The van der Waals surface area contributed by atoms with Gasteiger partial charge in [-0.25, -0.2) is 14.2 Å². The van der Waals surface area contributed by atoms with E-state index < -0.39 is 23.6 Å². The second kappa shape index (κ2) is 14.6. The minimum atomic E-state index is -0.779. The Balaban J connectivity index is 1.28. The molecule has 3 fully saturated rings. The molecule has 0 spiro atoms. The van der Waals surface area contributed by atoms with E-state index in [1.807, 2.05) is 7.05 Å². The highest BCUT2D eigenvalue weighted by atomic mass is 35.5. The summed E-state index contributed by atoms with van der Waals surface area (Å²) < 4.78 is 27.4. The Kier molecular flexibility index (Phi) is 10.00. The van der Waals surface area contributed by atoms with Gasteiger partial charge in [-0.15, -0.1) is 11.3 Å². The number of anilines is 3. The van der Waals surface area contributed by atoms with Crippen molar-refractivity contribution in [2.24, 2.45) is 0 Å². The summed E-state index contributed by atoms with van der Waals surface area (Å²) in [4.78, 5) is 45.4. The number of halogens is 2. The van der Waals surface area contributed by atoms with E-state index in [4.69, 9.17) is 31.0 Å². The van der Waals surface area contributed by atoms with Gasteiger partial charge in [0.05, 0.1) is 39.4 Å². The van der Waals surface area contributed by atoms with Gasteiger partial charge < -0.3 is 29.5 Å². The van der Waals surface area contributed by atoms with Gasteiger partial charge in [0, 0.05) is 69.9 Å². The zero-order chi connectivity index (χ0) is 38.8. The maximum atomic E-state index is 15.6. The molecule has 4 aliphatic heterocycles. The van der Waals surface area contributed by atoms with Gasteiger partial charge in [-0.2, -0.15) is 10.2 Å². The summed E-state index contributed by atoms with van der Waals surface area (Å²) in [5, 5.41) is 18.1. The Labute approximate surface area is 328 Å². The minimum Gasteiger partial charge on any atom is -0.444 e. The number of aromatic nitrogens is 2. The molecule has 55 heavy (non-hydrogen) atoms. The van der Waals surface area contributed by atoms with Gasteiger partial charge in [0.25, 0.3) is 0 Å². The number of amides is 2. The molecule has 2 aromatic carbocycles. The van der Waals surface area contributed by atoms with Crippen LogP contribution in [0, 0.1) is 17.1 Å². The van der Waals surface area contributed by atoms with Crippen molar-refractivity contribution in [3.63, 3.8) is 0 Å². The summed E-state index contributed by atoms with van der Waals surface area (Å²) in [6, 6.07) is 5.05. The molecular weight excluding hydrogens is 745 g/mol. The van der Waals surface area contributed by atoms with Gasteiger partial charge >= 0.3 is 6.09 Å². The lowest BCUT2D eigenvalue weighted by molar-refractivity contribution is -0.132. The second-order valence-electron chi connectivity index (χ2n) is 15.9. The van der Waals surface area contributed by atoms with Crippen LogP contribution in [-0.4, -0.2) is 114 Å². The van der Waals surface area contributed by atoms with E-state index in [-0.39, 0.29) is 34.4 Å². The number of fused-ring (bicyclic) bond motifs is 4. The van der Waals surface area contributed by atoms with Gasteiger partial charge in [-0.1, -0.05) is 17.7 Å². The number of nitriles is 1. The van der Waals surface area contributed by atoms with Crippen molar-refractivity contribution in [1.29, 1.82) is 5.26 Å². The minimum absolute atomic E-state index is 0.00234. The Hall–Kier alpha value is -4.33. The van der Waals surface area contributed by atoms with Crippen LogP contribution in [0.2, 0.25) is 5.02 Å². The molecule has 0 radical (unpaired) electrons. The number of carbonyl (C=O) groups is 2. The molecule has 16 heteroatoms. The van der Waals surface area contributed by atoms with Crippen LogP contribution in [0.4, 0.5) is 26.0 Å². The molecule has 0 saturated carbocycles. The molecule has 6 heterocycles. The van der Waals surface area contributed by atoms with Crippen molar-refractivity contribution >= 4 is 72.7 Å². The van der Waals surface area contributed by atoms with E-state index in [2.05, 4.69) is 38.5 Å². The highest BCUT2D eigenvalue weighted by molar-refractivity contribution is 7.23. The normalized spacial score (nSPS) is 21.0. The fourth-order valence-corrected chi connectivity index (χ4v) is 9.68. The highest BCUT2D eigenvalue weighted by Crippen LogP contribution is 2.50. The van der Waals surface area contributed by atoms with Crippen LogP contribution in [-0.2, 0) is 27.5 Å². The van der Waals surface area contributed by atoms with E-state index in [9.17, 15) is 14.9 Å². The maximum absolute atomic E-state index is 15.6. The van der Waals surface area contributed by atoms with E-state index in [1.54, 1.807) is 31.7 Å². The standard InChI is InChI=1S/C39H45ClFN9O4S/c1-39(2,3)54-38(52)46-35-23(17-42)29-22(8-9-26(41)33(29)55-35)28-24-19-53-20-25(24)30-32(31(28)40)44-37(45-34(30)43-27-7-6-11-48(5)36(27)51)50-12-10-21(18-50)49-15-13-47(4)14-16-49/h8-9,21,27H,6-7,10-16,18-20H2,1-5H3,(H,46,52)(H,43,44,45)/t21-,27-/m1/s1. The predicted molar refractivity (Wildman–Crippen MR) is 212 cm³/mol. The zero-order valence-electron chi connectivity index (χ0n) is 31.7. The molecule has 2 amide bonds. The molecule has 0 bridgehead atoms. The Morgan fingerprint density at radius 3 is 2.58 bits per heavy atom. The summed E-state index contributed by atoms with van der Waals surface area (Å²) in [6.45, 7) is 11.9. The largest absolute Gasteiger partial charge is 0.444 e. The number of carbonyl (C=O) groups excluding carboxylic acids is 2. The number of hydrogen-bond acceptors (Lipinski definition) is 12. The third-order valence-electron chi connectivity index (χ3n) is 11.0. The first-order valence-electron chi connectivity index (χ1n) is 18.8. The monoisotopic (exact) mass is 789 g/mol. The molecule has 4 aliphatic rings. The number of hydrogen-bond donors (Lipinski definition) is 2. The number of rotatable bonds is 6. The van der Waals surface area contributed by atoms with Crippen molar-refractivity contribution in [1.82, 2.24) is 24.7 Å². The number of piperazine rings is 1. The van der Waals surface area contributed by atoms with Crippen molar-refractivity contribution in [3.05, 3.63) is 39.7 Å². The number of piperidine rings is 1. The lowest BCUT2D eigenvalue weighted by Gasteiger charge is -2.36. The van der Waals surface area contributed by atoms with Crippen LogP contribution in [0.15, 0.2) is 12.1 Å². The number of thiophene rings is 1. The van der Waals surface area contributed by atoms with Crippen molar-refractivity contribution < 1.29 is 23.5 Å². The number of nitrogens with zero attached hydrogens (tertiary/aromatic N) is 7. The summed E-state index contributed by atoms with van der Waals surface area (Å²) in [6.07, 6.45) is 1.73. The summed E-state index contributed by atoms with van der Waals surface area (Å²) >= 11 is 8.49. The average Bonchev–Trinajstić information content (AvgIpc) is 3.90. The van der Waals surface area contributed by atoms with Crippen LogP contribution in [0.3, 0.4) is 0 Å². The third kappa shape index (κ3) is 7.03. The average molecular weight is 790 g/mol. The summed E-state index contributed by atoms with van der Waals surface area (Å²) in [5.74, 6) is 0.492. The quantitative estimate of drug-likeness (QED) is 0.224. The predicted octanol–water partition coefficient (Wildman–Crippen LogP) is 6.41. The highest BCUT2D eigenvalue weighted by Gasteiger charge is 2.35. The Bertz CT molecular complexity index is 2250. The number of nitrogens with one attached hydrogen (secondary N) is 2. The van der Waals surface area contributed by atoms with Crippen molar-refractivity contribution in [2.45, 2.75) is 70.9 Å². The number of ether oxygens (including phenoxy) is 2. The van der Waals surface area contributed by atoms with E-state index in [1.165, 1.54) is 6.07 Å². The molecule has 2 N–H and O–H groups in total. The molecule has 290 valence electrons.